The maximum Gasteiger partial charge on any atom is 0.309 e. The lowest BCUT2D eigenvalue weighted by Gasteiger charge is -2.25. The summed E-state index contributed by atoms with van der Waals surface area (Å²) in [5.74, 6) is 0.449. The number of nitriles is 1. The molecule has 0 spiro atoms. The topological polar surface area (TPSA) is 122 Å². The molecular weight excluding hydrogens is 322 g/mol. The Kier molecular flexibility index (Phi) is 4.72. The number of aryl methyl sites for hydroxylation is 1. The zero-order valence-corrected chi connectivity index (χ0v) is 13.9. The van der Waals surface area contributed by atoms with Gasteiger partial charge < -0.3 is 20.0 Å². The van der Waals surface area contributed by atoms with Crippen LogP contribution in [0.5, 0.6) is 0 Å². The molecule has 1 aliphatic carbocycles. The number of aliphatic hydroxyl groups excluding tert-OH is 1. The summed E-state index contributed by atoms with van der Waals surface area (Å²) in [5, 5.41) is 18.8. The van der Waals surface area contributed by atoms with E-state index in [-0.39, 0.29) is 29.9 Å². The van der Waals surface area contributed by atoms with E-state index in [0.29, 0.717) is 43.0 Å². The van der Waals surface area contributed by atoms with Crippen molar-refractivity contribution in [2.45, 2.75) is 32.8 Å². The molecule has 0 aliphatic heterocycles. The number of aliphatic hydroxyl groups is 1. The number of carbonyl (C=O) groups is 1. The summed E-state index contributed by atoms with van der Waals surface area (Å²) in [7, 11) is 0. The quantitative estimate of drug-likeness (QED) is 0.815. The van der Waals surface area contributed by atoms with Crippen LogP contribution in [0.15, 0.2) is 16.5 Å². The van der Waals surface area contributed by atoms with E-state index in [1.165, 1.54) is 0 Å². The Hall–Kier alpha value is -2.85. The van der Waals surface area contributed by atoms with Crippen molar-refractivity contribution in [3.63, 3.8) is 0 Å². The van der Waals surface area contributed by atoms with Crippen LogP contribution in [-0.4, -0.2) is 22.7 Å². The van der Waals surface area contributed by atoms with E-state index in [4.69, 9.17) is 14.9 Å². The van der Waals surface area contributed by atoms with Gasteiger partial charge in [0.15, 0.2) is 0 Å². The van der Waals surface area contributed by atoms with Gasteiger partial charge in [-0.05, 0) is 43.9 Å². The van der Waals surface area contributed by atoms with Crippen molar-refractivity contribution in [1.29, 1.82) is 5.26 Å². The highest BCUT2D eigenvalue weighted by molar-refractivity contribution is 5.79. The number of nitrogens with zero attached hydrogens (tertiary/aromatic N) is 2. The molecule has 2 heterocycles. The second-order valence-electron chi connectivity index (χ2n) is 5.90. The van der Waals surface area contributed by atoms with E-state index in [9.17, 15) is 15.2 Å². The zero-order valence-electron chi connectivity index (χ0n) is 13.9. The molecule has 1 atom stereocenters. The van der Waals surface area contributed by atoms with Crippen molar-refractivity contribution >= 4 is 11.8 Å². The van der Waals surface area contributed by atoms with Crippen LogP contribution in [0, 0.1) is 17.2 Å². The number of esters is 1. The second-order valence-corrected chi connectivity index (χ2v) is 5.90. The first kappa shape index (κ1) is 17.0. The minimum Gasteiger partial charge on any atom is -0.466 e. The Morgan fingerprint density at radius 2 is 2.36 bits per heavy atom. The van der Waals surface area contributed by atoms with E-state index in [1.54, 1.807) is 19.1 Å². The molecular formula is C18H19N3O4. The van der Waals surface area contributed by atoms with Crippen molar-refractivity contribution in [3.8, 4) is 17.4 Å². The number of hydrogen-bond acceptors (Lipinski definition) is 7. The molecule has 3 rings (SSSR count). The normalized spacial score (nSPS) is 16.1. The third-order valence-corrected chi connectivity index (χ3v) is 4.39. The van der Waals surface area contributed by atoms with E-state index in [0.717, 1.165) is 11.3 Å². The summed E-state index contributed by atoms with van der Waals surface area (Å²) >= 11 is 0. The van der Waals surface area contributed by atoms with E-state index in [1.807, 2.05) is 0 Å². The van der Waals surface area contributed by atoms with E-state index >= 15 is 0 Å². The van der Waals surface area contributed by atoms with Crippen LogP contribution in [0.1, 0.15) is 35.9 Å². The SMILES string of the molecule is CCOC(=O)[C@H]1CCc2nc(N)c(C#N)c(-c3ccc(CO)o3)c2C1. The molecule has 2 aromatic heterocycles. The molecule has 0 saturated carbocycles. The van der Waals surface area contributed by atoms with Gasteiger partial charge in [-0.15, -0.1) is 0 Å². The van der Waals surface area contributed by atoms with Crippen LogP contribution in [0.3, 0.4) is 0 Å². The molecule has 0 unspecified atom stereocenters. The van der Waals surface area contributed by atoms with Crippen molar-refractivity contribution < 1.29 is 19.1 Å². The number of hydrogen-bond donors (Lipinski definition) is 2. The highest BCUT2D eigenvalue weighted by atomic mass is 16.5. The fraction of sp³-hybridized carbons (Fsp3) is 0.389. The molecule has 7 nitrogen and oxygen atoms in total. The van der Waals surface area contributed by atoms with Crippen LogP contribution in [-0.2, 0) is 29.0 Å². The van der Waals surface area contributed by atoms with Crippen LogP contribution in [0.2, 0.25) is 0 Å². The highest BCUT2D eigenvalue weighted by Gasteiger charge is 2.31. The molecule has 0 bridgehead atoms. The number of pyridine rings is 1. The smallest absolute Gasteiger partial charge is 0.309 e. The highest BCUT2D eigenvalue weighted by Crippen LogP contribution is 2.38. The Morgan fingerprint density at radius 3 is 3.00 bits per heavy atom. The number of ether oxygens (including phenoxy) is 1. The van der Waals surface area contributed by atoms with Gasteiger partial charge in [0.05, 0.1) is 12.5 Å². The number of furan rings is 1. The van der Waals surface area contributed by atoms with Crippen LogP contribution in [0.25, 0.3) is 11.3 Å². The number of fused-ring (bicyclic) bond motifs is 1. The average molecular weight is 341 g/mol. The van der Waals surface area contributed by atoms with Gasteiger partial charge in [0.2, 0.25) is 0 Å². The Morgan fingerprint density at radius 1 is 1.56 bits per heavy atom. The standard InChI is InChI=1S/C18H19N3O4/c1-2-24-18(23)10-3-5-14-12(7-10)16(13(8-19)17(20)21-14)15-6-4-11(9-22)25-15/h4,6,10,22H,2-3,5,7,9H2,1H3,(H2,20,21)/t10-/m0/s1. The van der Waals surface area contributed by atoms with Gasteiger partial charge in [0, 0.05) is 11.3 Å². The minimum atomic E-state index is -0.282. The number of anilines is 1. The first-order valence-corrected chi connectivity index (χ1v) is 8.16. The molecule has 0 amide bonds. The van der Waals surface area contributed by atoms with Crippen LogP contribution >= 0.6 is 0 Å². The molecule has 3 N–H and O–H groups in total. The number of aromatic nitrogens is 1. The Labute approximate surface area is 145 Å². The average Bonchev–Trinajstić information content (AvgIpc) is 3.09. The molecule has 0 aromatic carbocycles. The Bertz CT molecular complexity index is 851. The summed E-state index contributed by atoms with van der Waals surface area (Å²) in [6, 6.07) is 5.42. The van der Waals surface area contributed by atoms with Crippen LogP contribution < -0.4 is 5.73 Å². The molecule has 25 heavy (non-hydrogen) atoms. The number of carbonyl (C=O) groups excluding carboxylic acids is 1. The fourth-order valence-corrected chi connectivity index (χ4v) is 3.22. The van der Waals surface area contributed by atoms with E-state index < -0.39 is 0 Å². The van der Waals surface area contributed by atoms with Gasteiger partial charge >= 0.3 is 5.97 Å². The lowest BCUT2D eigenvalue weighted by Crippen LogP contribution is -2.26. The monoisotopic (exact) mass is 341 g/mol. The molecule has 2 aromatic rings. The zero-order chi connectivity index (χ0) is 18.0. The lowest BCUT2D eigenvalue weighted by molar-refractivity contribution is -0.148. The van der Waals surface area contributed by atoms with Gasteiger partial charge in [-0.2, -0.15) is 5.26 Å². The largest absolute Gasteiger partial charge is 0.466 e. The number of nitrogen functional groups attached to an aromatic ring is 1. The predicted octanol–water partition coefficient (Wildman–Crippen LogP) is 1.96. The van der Waals surface area contributed by atoms with Gasteiger partial charge in [0.1, 0.15) is 35.6 Å². The van der Waals surface area contributed by atoms with Crippen molar-refractivity contribution in [1.82, 2.24) is 4.98 Å². The van der Waals surface area contributed by atoms with Gasteiger partial charge in [-0.3, -0.25) is 4.79 Å². The Balaban J connectivity index is 2.12. The summed E-state index contributed by atoms with van der Waals surface area (Å²) in [6.45, 7) is 1.86. The summed E-state index contributed by atoms with van der Waals surface area (Å²) in [6.07, 6.45) is 1.62. The third-order valence-electron chi connectivity index (χ3n) is 4.39. The third kappa shape index (κ3) is 3.08. The summed E-state index contributed by atoms with van der Waals surface area (Å²) in [4.78, 5) is 16.5. The summed E-state index contributed by atoms with van der Waals surface area (Å²) < 4.78 is 10.8. The lowest BCUT2D eigenvalue weighted by atomic mass is 9.82. The summed E-state index contributed by atoms with van der Waals surface area (Å²) in [5.41, 5.74) is 8.30. The van der Waals surface area contributed by atoms with Crippen molar-refractivity contribution in [3.05, 3.63) is 34.7 Å². The van der Waals surface area contributed by atoms with Crippen molar-refractivity contribution in [2.24, 2.45) is 5.92 Å². The molecule has 130 valence electrons. The molecule has 0 saturated heterocycles. The second kappa shape index (κ2) is 6.95. The van der Waals surface area contributed by atoms with Gasteiger partial charge in [-0.1, -0.05) is 0 Å². The first-order valence-electron chi connectivity index (χ1n) is 8.16. The van der Waals surface area contributed by atoms with E-state index in [2.05, 4.69) is 11.1 Å². The first-order chi connectivity index (χ1) is 12.1. The maximum absolute atomic E-state index is 12.1. The molecule has 1 aliphatic rings. The van der Waals surface area contributed by atoms with Crippen LogP contribution in [0.4, 0.5) is 5.82 Å². The number of nitrogens with two attached hydrogens (primary N) is 1. The minimum absolute atomic E-state index is 0.146. The van der Waals surface area contributed by atoms with Gasteiger partial charge in [-0.25, -0.2) is 4.98 Å². The van der Waals surface area contributed by atoms with Crippen molar-refractivity contribution in [2.75, 3.05) is 12.3 Å². The number of rotatable bonds is 4. The molecule has 0 radical (unpaired) electrons. The van der Waals surface area contributed by atoms with Gasteiger partial charge in [0.25, 0.3) is 0 Å². The fourth-order valence-electron chi connectivity index (χ4n) is 3.22. The molecule has 7 heteroatoms. The maximum atomic E-state index is 12.1. The predicted molar refractivity (Wildman–Crippen MR) is 89.1 cm³/mol. The molecule has 0 fully saturated rings.